The van der Waals surface area contributed by atoms with Gasteiger partial charge < -0.3 is 15.0 Å². The highest BCUT2D eigenvalue weighted by Gasteiger charge is 2.04. The molecule has 0 heterocycles. The van der Waals surface area contributed by atoms with Crippen LogP contribution in [0.4, 0.5) is 0 Å². The third-order valence-corrected chi connectivity index (χ3v) is 3.73. The van der Waals surface area contributed by atoms with E-state index in [1.165, 1.54) is 10.5 Å². The summed E-state index contributed by atoms with van der Waals surface area (Å²) in [5.74, 6) is 0.539. The highest BCUT2D eigenvalue weighted by molar-refractivity contribution is 9.10. The largest absolute Gasteiger partial charge is 0.484 e. The Labute approximate surface area is 145 Å². The molecule has 2 N–H and O–H groups in total. The van der Waals surface area contributed by atoms with Crippen LogP contribution in [0.15, 0.2) is 53.0 Å². The van der Waals surface area contributed by atoms with Crippen molar-refractivity contribution in [2.75, 3.05) is 20.7 Å². The third kappa shape index (κ3) is 6.42. The number of hydrogen-bond donors (Lipinski definition) is 2. The normalized spacial score (nSPS) is 10.6. The molecule has 2 rings (SSSR count). The lowest BCUT2D eigenvalue weighted by Crippen LogP contribution is -3.04. The zero-order valence-corrected chi connectivity index (χ0v) is 15.0. The molecule has 0 fully saturated rings. The standard InChI is InChI=1S/C18H21BrN2O2/c1-21(2)12-15-8-6-14(7-9-15)11-20-18(22)13-23-17-5-3-4-16(19)10-17/h3-10H,11-13H2,1-2H3,(H,20,22)/p+1. The summed E-state index contributed by atoms with van der Waals surface area (Å²) >= 11 is 3.37. The molecule has 23 heavy (non-hydrogen) atoms. The van der Waals surface area contributed by atoms with Gasteiger partial charge in [0.2, 0.25) is 0 Å². The van der Waals surface area contributed by atoms with Gasteiger partial charge in [-0.2, -0.15) is 0 Å². The smallest absolute Gasteiger partial charge is 0.258 e. The first kappa shape index (κ1) is 17.5. The van der Waals surface area contributed by atoms with Crippen molar-refractivity contribution >= 4 is 21.8 Å². The predicted octanol–water partition coefficient (Wildman–Crippen LogP) is 1.79. The van der Waals surface area contributed by atoms with Gasteiger partial charge in [0, 0.05) is 16.6 Å². The zero-order chi connectivity index (χ0) is 16.7. The highest BCUT2D eigenvalue weighted by atomic mass is 79.9. The maximum absolute atomic E-state index is 11.8. The van der Waals surface area contributed by atoms with E-state index in [0.717, 1.165) is 16.6 Å². The number of benzene rings is 2. The Balaban J connectivity index is 1.75. The lowest BCUT2D eigenvalue weighted by atomic mass is 10.1. The minimum atomic E-state index is -0.133. The first-order valence-corrected chi connectivity index (χ1v) is 8.34. The Morgan fingerprint density at radius 2 is 1.83 bits per heavy atom. The van der Waals surface area contributed by atoms with Gasteiger partial charge in [-0.25, -0.2) is 0 Å². The lowest BCUT2D eigenvalue weighted by molar-refractivity contribution is -0.872. The number of carbonyl (C=O) groups is 1. The van der Waals surface area contributed by atoms with Crippen molar-refractivity contribution in [2.24, 2.45) is 0 Å². The Kier molecular flexibility index (Phi) is 6.62. The summed E-state index contributed by atoms with van der Waals surface area (Å²) in [7, 11) is 4.25. The number of carbonyl (C=O) groups excluding carboxylic acids is 1. The number of quaternary nitrogens is 1. The van der Waals surface area contributed by atoms with Crippen molar-refractivity contribution in [2.45, 2.75) is 13.1 Å². The average Bonchev–Trinajstić information content (AvgIpc) is 2.52. The molecule has 0 spiro atoms. The van der Waals surface area contributed by atoms with Gasteiger partial charge in [-0.3, -0.25) is 4.79 Å². The summed E-state index contributed by atoms with van der Waals surface area (Å²) in [6.45, 7) is 1.52. The van der Waals surface area contributed by atoms with Crippen LogP contribution in [0.5, 0.6) is 5.75 Å². The fourth-order valence-corrected chi connectivity index (χ4v) is 2.52. The van der Waals surface area contributed by atoms with Crippen molar-refractivity contribution in [3.8, 4) is 5.75 Å². The zero-order valence-electron chi connectivity index (χ0n) is 13.4. The van der Waals surface area contributed by atoms with Gasteiger partial charge in [0.25, 0.3) is 5.91 Å². The van der Waals surface area contributed by atoms with E-state index in [0.29, 0.717) is 12.3 Å². The number of hydrogen-bond acceptors (Lipinski definition) is 2. The maximum Gasteiger partial charge on any atom is 0.258 e. The summed E-state index contributed by atoms with van der Waals surface area (Å²) in [5, 5.41) is 2.86. The van der Waals surface area contributed by atoms with Crippen LogP contribution in [0, 0.1) is 0 Å². The van der Waals surface area contributed by atoms with Crippen LogP contribution in [0.2, 0.25) is 0 Å². The molecule has 122 valence electrons. The van der Waals surface area contributed by atoms with E-state index in [4.69, 9.17) is 4.74 Å². The van der Waals surface area contributed by atoms with Crippen molar-refractivity contribution in [3.05, 3.63) is 64.1 Å². The van der Waals surface area contributed by atoms with E-state index < -0.39 is 0 Å². The molecule has 0 radical (unpaired) electrons. The predicted molar refractivity (Wildman–Crippen MR) is 94.4 cm³/mol. The summed E-state index contributed by atoms with van der Waals surface area (Å²) in [6, 6.07) is 15.7. The monoisotopic (exact) mass is 377 g/mol. The van der Waals surface area contributed by atoms with Gasteiger partial charge in [0.15, 0.2) is 6.61 Å². The fourth-order valence-electron chi connectivity index (χ4n) is 2.14. The van der Waals surface area contributed by atoms with Crippen LogP contribution in [0.3, 0.4) is 0 Å². The molecule has 0 atom stereocenters. The second-order valence-corrected chi connectivity index (χ2v) is 6.64. The van der Waals surface area contributed by atoms with E-state index >= 15 is 0 Å². The van der Waals surface area contributed by atoms with Gasteiger partial charge in [0.1, 0.15) is 12.3 Å². The minimum Gasteiger partial charge on any atom is -0.484 e. The topological polar surface area (TPSA) is 42.8 Å². The molecular weight excluding hydrogens is 356 g/mol. The van der Waals surface area contributed by atoms with E-state index in [-0.39, 0.29) is 12.5 Å². The maximum atomic E-state index is 11.8. The number of ether oxygens (including phenoxy) is 1. The molecular formula is C18H22BrN2O2+. The van der Waals surface area contributed by atoms with Gasteiger partial charge >= 0.3 is 0 Å². The fraction of sp³-hybridized carbons (Fsp3) is 0.278. The number of nitrogens with one attached hydrogen (secondary N) is 2. The van der Waals surface area contributed by atoms with E-state index in [1.807, 2.05) is 36.4 Å². The van der Waals surface area contributed by atoms with Crippen molar-refractivity contribution < 1.29 is 14.4 Å². The first-order chi connectivity index (χ1) is 11.0. The van der Waals surface area contributed by atoms with Crippen LogP contribution in [-0.2, 0) is 17.9 Å². The summed E-state index contributed by atoms with van der Waals surface area (Å²) in [4.78, 5) is 13.2. The molecule has 2 aromatic carbocycles. The second kappa shape index (κ2) is 8.70. The van der Waals surface area contributed by atoms with E-state index in [2.05, 4.69) is 47.5 Å². The minimum absolute atomic E-state index is 0.0124. The summed E-state index contributed by atoms with van der Waals surface area (Å²) in [5.41, 5.74) is 2.37. The molecule has 5 heteroatoms. The van der Waals surface area contributed by atoms with Gasteiger partial charge in [-0.15, -0.1) is 0 Å². The molecule has 0 saturated carbocycles. The van der Waals surface area contributed by atoms with E-state index in [1.54, 1.807) is 0 Å². The first-order valence-electron chi connectivity index (χ1n) is 7.55. The van der Waals surface area contributed by atoms with Crippen LogP contribution in [0.1, 0.15) is 11.1 Å². The summed E-state index contributed by atoms with van der Waals surface area (Å²) in [6.07, 6.45) is 0. The van der Waals surface area contributed by atoms with Crippen molar-refractivity contribution in [1.29, 1.82) is 0 Å². The molecule has 0 aliphatic heterocycles. The van der Waals surface area contributed by atoms with Crippen molar-refractivity contribution in [1.82, 2.24) is 5.32 Å². The van der Waals surface area contributed by atoms with Gasteiger partial charge in [0.05, 0.1) is 14.1 Å². The van der Waals surface area contributed by atoms with Crippen LogP contribution >= 0.6 is 15.9 Å². The average molecular weight is 378 g/mol. The number of rotatable bonds is 7. The SMILES string of the molecule is C[NH+](C)Cc1ccc(CNC(=O)COc2cccc(Br)c2)cc1. The van der Waals surface area contributed by atoms with Gasteiger partial charge in [-0.05, 0) is 23.8 Å². The molecule has 4 nitrogen and oxygen atoms in total. The Morgan fingerprint density at radius 3 is 2.48 bits per heavy atom. The van der Waals surface area contributed by atoms with Crippen LogP contribution < -0.4 is 15.0 Å². The number of halogens is 1. The summed E-state index contributed by atoms with van der Waals surface area (Å²) < 4.78 is 6.38. The molecule has 0 bridgehead atoms. The lowest BCUT2D eigenvalue weighted by Gasteiger charge is -2.09. The van der Waals surface area contributed by atoms with Gasteiger partial charge in [-0.1, -0.05) is 46.3 Å². The van der Waals surface area contributed by atoms with E-state index in [9.17, 15) is 4.79 Å². The molecule has 0 aliphatic rings. The Hall–Kier alpha value is -1.85. The molecule has 1 amide bonds. The van der Waals surface area contributed by atoms with Crippen molar-refractivity contribution in [3.63, 3.8) is 0 Å². The third-order valence-electron chi connectivity index (χ3n) is 3.24. The quantitative estimate of drug-likeness (QED) is 0.772. The molecule has 0 unspecified atom stereocenters. The highest BCUT2D eigenvalue weighted by Crippen LogP contribution is 2.17. The van der Waals surface area contributed by atoms with Crippen LogP contribution in [-0.4, -0.2) is 26.6 Å². The molecule has 0 aromatic heterocycles. The Bertz CT molecular complexity index is 642. The molecule has 0 saturated heterocycles. The Morgan fingerprint density at radius 1 is 1.13 bits per heavy atom. The number of amides is 1. The molecule has 2 aromatic rings. The second-order valence-electron chi connectivity index (χ2n) is 5.72. The van der Waals surface area contributed by atoms with Crippen LogP contribution in [0.25, 0.3) is 0 Å². The molecule has 0 aliphatic carbocycles.